The van der Waals surface area contributed by atoms with Crippen LogP contribution in [-0.2, 0) is 0 Å². The molecular weight excluding hydrogens is 234 g/mol. The summed E-state index contributed by atoms with van der Waals surface area (Å²) in [6, 6.07) is 14.9. The molecule has 0 atom stereocenters. The Labute approximate surface area is 114 Å². The number of benzene rings is 1. The van der Waals surface area contributed by atoms with Crippen molar-refractivity contribution in [1.82, 2.24) is 0 Å². The molecular formula is C16H27NSi. The van der Waals surface area contributed by atoms with Crippen LogP contribution in [0.3, 0.4) is 0 Å². The van der Waals surface area contributed by atoms with Crippen LogP contribution in [0, 0.1) is 0 Å². The van der Waals surface area contributed by atoms with Crippen LogP contribution in [0.5, 0.6) is 0 Å². The van der Waals surface area contributed by atoms with E-state index in [2.05, 4.69) is 74.7 Å². The zero-order valence-electron chi connectivity index (χ0n) is 12.3. The lowest BCUT2D eigenvalue weighted by Crippen LogP contribution is -2.52. The van der Waals surface area contributed by atoms with Gasteiger partial charge in [-0.15, -0.1) is 0 Å². The largest absolute Gasteiger partial charge is 0.394 e. The summed E-state index contributed by atoms with van der Waals surface area (Å²) in [6.45, 7) is 10.3. The van der Waals surface area contributed by atoms with Crippen LogP contribution in [0.1, 0.15) is 27.7 Å². The van der Waals surface area contributed by atoms with Crippen LogP contribution in [-0.4, -0.2) is 14.8 Å². The first-order chi connectivity index (χ1) is 8.74. The third-order valence-corrected chi connectivity index (χ3v) is 9.67. The summed E-state index contributed by atoms with van der Waals surface area (Å²) in [4.78, 5) is 0. The third kappa shape index (κ3) is 3.26. The van der Waals surface area contributed by atoms with Crippen molar-refractivity contribution in [3.05, 3.63) is 42.5 Å². The van der Waals surface area contributed by atoms with E-state index in [1.165, 1.54) is 23.8 Å². The SMILES string of the molecule is CC=CCN(c1ccccc1)[Si](CC)(CC)CC. The third-order valence-electron chi connectivity index (χ3n) is 4.14. The Morgan fingerprint density at radius 2 is 1.56 bits per heavy atom. The summed E-state index contributed by atoms with van der Waals surface area (Å²) in [7, 11) is -1.34. The first kappa shape index (κ1) is 15.0. The van der Waals surface area contributed by atoms with E-state index < -0.39 is 8.24 Å². The van der Waals surface area contributed by atoms with Crippen molar-refractivity contribution in [3.63, 3.8) is 0 Å². The van der Waals surface area contributed by atoms with E-state index in [0.29, 0.717) is 0 Å². The molecule has 2 heteroatoms. The summed E-state index contributed by atoms with van der Waals surface area (Å²) in [5.41, 5.74) is 1.40. The average molecular weight is 261 g/mol. The van der Waals surface area contributed by atoms with Gasteiger partial charge in [0, 0.05) is 12.2 Å². The van der Waals surface area contributed by atoms with E-state index in [1.54, 1.807) is 0 Å². The van der Waals surface area contributed by atoms with Gasteiger partial charge in [0.05, 0.1) is 0 Å². The van der Waals surface area contributed by atoms with Crippen LogP contribution in [0.25, 0.3) is 0 Å². The van der Waals surface area contributed by atoms with Gasteiger partial charge in [-0.1, -0.05) is 51.1 Å². The molecule has 0 aliphatic rings. The summed E-state index contributed by atoms with van der Waals surface area (Å²) in [5, 5.41) is 0. The number of hydrogen-bond donors (Lipinski definition) is 0. The quantitative estimate of drug-likeness (QED) is 0.489. The topological polar surface area (TPSA) is 3.24 Å². The molecule has 0 saturated heterocycles. The molecule has 0 radical (unpaired) electrons. The summed E-state index contributed by atoms with van der Waals surface area (Å²) in [5.74, 6) is 0. The van der Waals surface area contributed by atoms with Crippen LogP contribution in [0.15, 0.2) is 42.5 Å². The smallest absolute Gasteiger partial charge is 0.156 e. The minimum absolute atomic E-state index is 1.06. The van der Waals surface area contributed by atoms with E-state index >= 15 is 0 Å². The van der Waals surface area contributed by atoms with Gasteiger partial charge in [-0.2, -0.15) is 0 Å². The lowest BCUT2D eigenvalue weighted by atomic mass is 10.3. The lowest BCUT2D eigenvalue weighted by Gasteiger charge is -2.42. The average Bonchev–Trinajstić information content (AvgIpc) is 2.45. The molecule has 0 bridgehead atoms. The molecule has 1 aromatic rings. The molecule has 1 rings (SSSR count). The molecule has 0 aliphatic heterocycles. The van der Waals surface area contributed by atoms with Gasteiger partial charge >= 0.3 is 0 Å². The van der Waals surface area contributed by atoms with Crippen molar-refractivity contribution < 1.29 is 0 Å². The monoisotopic (exact) mass is 261 g/mol. The first-order valence-electron chi connectivity index (χ1n) is 7.18. The van der Waals surface area contributed by atoms with Gasteiger partial charge in [0.1, 0.15) is 0 Å². The van der Waals surface area contributed by atoms with E-state index in [4.69, 9.17) is 0 Å². The zero-order chi connectivity index (χ0) is 13.4. The lowest BCUT2D eigenvalue weighted by molar-refractivity contribution is 1.03. The van der Waals surface area contributed by atoms with E-state index in [-0.39, 0.29) is 0 Å². The fraction of sp³-hybridized carbons (Fsp3) is 0.500. The van der Waals surface area contributed by atoms with Crippen LogP contribution < -0.4 is 4.57 Å². The van der Waals surface area contributed by atoms with Gasteiger partial charge in [-0.25, -0.2) is 0 Å². The van der Waals surface area contributed by atoms with Gasteiger partial charge in [0.15, 0.2) is 8.24 Å². The van der Waals surface area contributed by atoms with Gasteiger partial charge in [0.25, 0.3) is 0 Å². The van der Waals surface area contributed by atoms with Gasteiger partial charge in [-0.3, -0.25) is 0 Å². The maximum atomic E-state index is 2.70. The number of anilines is 1. The van der Waals surface area contributed by atoms with Crippen LogP contribution in [0.2, 0.25) is 18.1 Å². The predicted molar refractivity (Wildman–Crippen MR) is 85.8 cm³/mol. The van der Waals surface area contributed by atoms with Crippen molar-refractivity contribution in [1.29, 1.82) is 0 Å². The standard InChI is InChI=1S/C16H27NSi/c1-5-9-15-17(16-13-11-10-12-14-16)18(6-2,7-3)8-4/h5,9-14H,6-8,15H2,1-4H3. The van der Waals surface area contributed by atoms with Crippen LogP contribution >= 0.6 is 0 Å². The van der Waals surface area contributed by atoms with E-state index in [9.17, 15) is 0 Å². The summed E-state index contributed by atoms with van der Waals surface area (Å²) >= 11 is 0. The molecule has 18 heavy (non-hydrogen) atoms. The van der Waals surface area contributed by atoms with Gasteiger partial charge in [-0.05, 0) is 37.2 Å². The van der Waals surface area contributed by atoms with Crippen molar-refractivity contribution in [2.24, 2.45) is 0 Å². The second-order valence-electron chi connectivity index (χ2n) is 4.80. The molecule has 0 heterocycles. The number of rotatable bonds is 7. The summed E-state index contributed by atoms with van der Waals surface area (Å²) < 4.78 is 2.70. The number of nitrogens with zero attached hydrogens (tertiary/aromatic N) is 1. The molecule has 100 valence electrons. The highest BCUT2D eigenvalue weighted by Gasteiger charge is 2.34. The molecule has 0 saturated carbocycles. The second kappa shape index (κ2) is 7.42. The summed E-state index contributed by atoms with van der Waals surface area (Å²) in [6.07, 6.45) is 4.45. The van der Waals surface area contributed by atoms with Gasteiger partial charge < -0.3 is 4.57 Å². The Bertz CT molecular complexity index is 346. The fourth-order valence-electron chi connectivity index (χ4n) is 2.71. The highest BCUT2D eigenvalue weighted by molar-refractivity contribution is 6.83. The predicted octanol–water partition coefficient (Wildman–Crippen LogP) is 5.07. The molecule has 0 unspecified atom stereocenters. The van der Waals surface area contributed by atoms with Crippen molar-refractivity contribution >= 4 is 13.9 Å². The van der Waals surface area contributed by atoms with E-state index in [0.717, 1.165) is 6.54 Å². The van der Waals surface area contributed by atoms with Crippen molar-refractivity contribution in [3.8, 4) is 0 Å². The molecule has 0 amide bonds. The second-order valence-corrected chi connectivity index (χ2v) is 9.91. The number of hydrogen-bond acceptors (Lipinski definition) is 1. The molecule has 1 aromatic carbocycles. The highest BCUT2D eigenvalue weighted by Crippen LogP contribution is 2.30. The molecule has 1 nitrogen and oxygen atoms in total. The minimum atomic E-state index is -1.34. The fourth-order valence-corrected chi connectivity index (χ4v) is 6.55. The Morgan fingerprint density at radius 1 is 1.00 bits per heavy atom. The number of allylic oxidation sites excluding steroid dienone is 1. The highest BCUT2D eigenvalue weighted by atomic mass is 28.3. The molecule has 0 fully saturated rings. The molecule has 0 spiro atoms. The Balaban J connectivity index is 3.11. The maximum absolute atomic E-state index is 2.70. The van der Waals surface area contributed by atoms with E-state index in [1.807, 2.05) is 0 Å². The van der Waals surface area contributed by atoms with Crippen molar-refractivity contribution in [2.75, 3.05) is 11.1 Å². The Morgan fingerprint density at radius 3 is 2.00 bits per heavy atom. The van der Waals surface area contributed by atoms with Gasteiger partial charge in [0.2, 0.25) is 0 Å². The minimum Gasteiger partial charge on any atom is -0.394 e. The Hall–Kier alpha value is -1.02. The first-order valence-corrected chi connectivity index (χ1v) is 9.74. The normalized spacial score (nSPS) is 12.0. The van der Waals surface area contributed by atoms with Crippen LogP contribution in [0.4, 0.5) is 5.69 Å². The Kier molecular flexibility index (Phi) is 6.20. The number of para-hydroxylation sites is 1. The molecule has 0 aromatic heterocycles. The maximum Gasteiger partial charge on any atom is 0.156 e. The molecule has 0 aliphatic carbocycles. The molecule has 0 N–H and O–H groups in total. The zero-order valence-corrected chi connectivity index (χ0v) is 13.3. The van der Waals surface area contributed by atoms with Crippen molar-refractivity contribution in [2.45, 2.75) is 45.8 Å².